The van der Waals surface area contributed by atoms with Crippen molar-refractivity contribution in [1.29, 1.82) is 0 Å². The van der Waals surface area contributed by atoms with Crippen LogP contribution in [0.2, 0.25) is 0 Å². The molecule has 1 N–H and O–H groups in total. The number of hydrogen-bond acceptors (Lipinski definition) is 4. The van der Waals surface area contributed by atoms with Crippen molar-refractivity contribution in [3.63, 3.8) is 0 Å². The molecule has 0 radical (unpaired) electrons. The molecule has 2 rings (SSSR count). The van der Waals surface area contributed by atoms with Crippen molar-refractivity contribution in [1.82, 2.24) is 0 Å². The summed E-state index contributed by atoms with van der Waals surface area (Å²) < 4.78 is 16.2. The first kappa shape index (κ1) is 16.6. The summed E-state index contributed by atoms with van der Waals surface area (Å²) in [5, 5.41) is 9.89. The van der Waals surface area contributed by atoms with E-state index in [1.807, 2.05) is 12.1 Å². The number of aliphatic carboxylic acids is 1. The highest BCUT2D eigenvalue weighted by Gasteiger charge is 2.44. The minimum atomic E-state index is -0.877. The average Bonchev–Trinajstić information content (AvgIpc) is 2.55. The van der Waals surface area contributed by atoms with Gasteiger partial charge in [0.25, 0.3) is 0 Å². The molecular formula is C17H24O5. The summed E-state index contributed by atoms with van der Waals surface area (Å²) in [6, 6.07) is 3.64. The predicted octanol–water partition coefficient (Wildman–Crippen LogP) is 3.14. The van der Waals surface area contributed by atoms with Crippen molar-refractivity contribution < 1.29 is 24.1 Å². The summed E-state index contributed by atoms with van der Waals surface area (Å²) in [6.45, 7) is 0.315. The largest absolute Gasteiger partial charge is 0.496 e. The van der Waals surface area contributed by atoms with Crippen LogP contribution in [0.25, 0.3) is 0 Å². The highest BCUT2D eigenvalue weighted by atomic mass is 16.5. The number of ether oxygens (including phenoxy) is 3. The molecule has 0 saturated heterocycles. The van der Waals surface area contributed by atoms with E-state index in [0.717, 1.165) is 30.4 Å². The van der Waals surface area contributed by atoms with Crippen molar-refractivity contribution in [2.75, 3.05) is 21.3 Å². The van der Waals surface area contributed by atoms with Gasteiger partial charge in [0.05, 0.1) is 31.8 Å². The lowest BCUT2D eigenvalue weighted by Crippen LogP contribution is -2.38. The molecule has 0 unspecified atom stereocenters. The number of carbonyl (C=O) groups is 1. The van der Waals surface area contributed by atoms with E-state index in [0.29, 0.717) is 30.9 Å². The molecule has 5 nitrogen and oxygen atoms in total. The first-order valence-corrected chi connectivity index (χ1v) is 7.57. The molecule has 0 aliphatic heterocycles. The van der Waals surface area contributed by atoms with E-state index in [4.69, 9.17) is 14.2 Å². The molecule has 5 heteroatoms. The number of carboxylic acids is 1. The maximum atomic E-state index is 12.1. The van der Waals surface area contributed by atoms with Gasteiger partial charge in [-0.2, -0.15) is 0 Å². The molecule has 0 heterocycles. The molecule has 1 aliphatic rings. The third-order valence-corrected chi connectivity index (χ3v) is 4.56. The number of hydrogen-bond donors (Lipinski definition) is 1. The predicted molar refractivity (Wildman–Crippen MR) is 82.7 cm³/mol. The van der Waals surface area contributed by atoms with E-state index in [-0.39, 0.29) is 0 Å². The zero-order valence-electron chi connectivity index (χ0n) is 13.5. The van der Waals surface area contributed by atoms with Gasteiger partial charge in [-0.05, 0) is 18.9 Å². The van der Waals surface area contributed by atoms with Gasteiger partial charge in [0.15, 0.2) is 0 Å². The van der Waals surface area contributed by atoms with Crippen LogP contribution < -0.4 is 9.47 Å². The Morgan fingerprint density at radius 2 is 1.82 bits per heavy atom. The molecule has 0 atom stereocenters. The second-order valence-corrected chi connectivity index (χ2v) is 5.71. The van der Waals surface area contributed by atoms with Gasteiger partial charge in [0, 0.05) is 12.7 Å². The first-order valence-electron chi connectivity index (χ1n) is 7.57. The Labute approximate surface area is 131 Å². The third-order valence-electron chi connectivity index (χ3n) is 4.56. The number of carboxylic acid groups (broad SMARTS) is 1. The second kappa shape index (κ2) is 7.01. The van der Waals surface area contributed by atoms with Gasteiger partial charge in [-0.25, -0.2) is 0 Å². The van der Waals surface area contributed by atoms with Crippen molar-refractivity contribution in [3.8, 4) is 11.5 Å². The maximum absolute atomic E-state index is 12.1. The molecule has 1 aliphatic carbocycles. The molecule has 122 valence electrons. The lowest BCUT2D eigenvalue weighted by atomic mass is 9.68. The third kappa shape index (κ3) is 2.77. The Kier molecular flexibility index (Phi) is 5.29. The minimum Gasteiger partial charge on any atom is -0.496 e. The molecule has 1 fully saturated rings. The van der Waals surface area contributed by atoms with Crippen LogP contribution in [0.4, 0.5) is 0 Å². The van der Waals surface area contributed by atoms with Gasteiger partial charge in [0.2, 0.25) is 0 Å². The second-order valence-electron chi connectivity index (χ2n) is 5.71. The smallest absolute Gasteiger partial charge is 0.314 e. The summed E-state index contributed by atoms with van der Waals surface area (Å²) in [5.74, 6) is 0.448. The van der Waals surface area contributed by atoms with Crippen LogP contribution in [0.15, 0.2) is 12.1 Å². The summed E-state index contributed by atoms with van der Waals surface area (Å²) in [6.07, 6.45) is 4.19. The number of methoxy groups -OCH3 is 3. The molecule has 0 bridgehead atoms. The zero-order chi connectivity index (χ0) is 16.2. The fraction of sp³-hybridized carbons (Fsp3) is 0.588. The molecule has 22 heavy (non-hydrogen) atoms. The summed E-state index contributed by atoms with van der Waals surface area (Å²) in [4.78, 5) is 12.1. The molecule has 0 aromatic heterocycles. The molecule has 1 saturated carbocycles. The van der Waals surface area contributed by atoms with Gasteiger partial charge < -0.3 is 19.3 Å². The molecule has 1 aromatic rings. The highest BCUT2D eigenvalue weighted by Crippen LogP contribution is 2.46. The zero-order valence-corrected chi connectivity index (χ0v) is 13.5. The van der Waals surface area contributed by atoms with Crippen LogP contribution in [0.5, 0.6) is 11.5 Å². The number of rotatable bonds is 6. The van der Waals surface area contributed by atoms with E-state index < -0.39 is 11.4 Å². The summed E-state index contributed by atoms with van der Waals surface area (Å²) in [7, 11) is 4.75. The monoisotopic (exact) mass is 308 g/mol. The maximum Gasteiger partial charge on any atom is 0.314 e. The summed E-state index contributed by atoms with van der Waals surface area (Å²) >= 11 is 0. The SMILES string of the molecule is COCc1c(OC)ccc(C2(C(=O)O)CCCCC2)c1OC. The lowest BCUT2D eigenvalue weighted by Gasteiger charge is -2.35. The normalized spacial score (nSPS) is 17.0. The first-order chi connectivity index (χ1) is 10.6. The molecule has 0 amide bonds. The van der Waals surface area contributed by atoms with Gasteiger partial charge >= 0.3 is 5.97 Å². The minimum absolute atomic E-state index is 0.315. The van der Waals surface area contributed by atoms with Crippen molar-refractivity contribution in [2.45, 2.75) is 44.1 Å². The van der Waals surface area contributed by atoms with E-state index >= 15 is 0 Å². The molecular weight excluding hydrogens is 284 g/mol. The fourth-order valence-electron chi connectivity index (χ4n) is 3.45. The quantitative estimate of drug-likeness (QED) is 0.874. The Hall–Kier alpha value is -1.75. The van der Waals surface area contributed by atoms with Crippen LogP contribution >= 0.6 is 0 Å². The van der Waals surface area contributed by atoms with Crippen LogP contribution in [0, 0.1) is 0 Å². The van der Waals surface area contributed by atoms with E-state index in [1.54, 1.807) is 21.3 Å². The lowest BCUT2D eigenvalue weighted by molar-refractivity contribution is -0.145. The van der Waals surface area contributed by atoms with E-state index in [9.17, 15) is 9.90 Å². The van der Waals surface area contributed by atoms with Gasteiger partial charge in [0.1, 0.15) is 11.5 Å². The Morgan fingerprint density at radius 1 is 1.14 bits per heavy atom. The van der Waals surface area contributed by atoms with Crippen LogP contribution in [-0.2, 0) is 21.6 Å². The van der Waals surface area contributed by atoms with Crippen LogP contribution in [-0.4, -0.2) is 32.4 Å². The van der Waals surface area contributed by atoms with Gasteiger partial charge in [-0.1, -0.05) is 25.3 Å². The Morgan fingerprint density at radius 3 is 2.32 bits per heavy atom. The summed E-state index contributed by atoms with van der Waals surface area (Å²) in [5.41, 5.74) is 0.615. The van der Waals surface area contributed by atoms with Crippen molar-refractivity contribution >= 4 is 5.97 Å². The van der Waals surface area contributed by atoms with E-state index in [1.165, 1.54) is 0 Å². The topological polar surface area (TPSA) is 65.0 Å². The fourth-order valence-corrected chi connectivity index (χ4v) is 3.45. The standard InChI is InChI=1S/C17H24O5/c1-20-11-12-14(21-2)8-7-13(15(12)22-3)17(16(18)19)9-5-4-6-10-17/h7-8H,4-6,9-11H2,1-3H3,(H,18,19). The Bertz CT molecular complexity index is 532. The Balaban J connectivity index is 2.62. The van der Waals surface area contributed by atoms with Gasteiger partial charge in [-0.15, -0.1) is 0 Å². The average molecular weight is 308 g/mol. The van der Waals surface area contributed by atoms with Crippen LogP contribution in [0.1, 0.15) is 43.2 Å². The highest BCUT2D eigenvalue weighted by molar-refractivity contribution is 5.83. The van der Waals surface area contributed by atoms with E-state index in [2.05, 4.69) is 0 Å². The number of benzene rings is 1. The van der Waals surface area contributed by atoms with Crippen molar-refractivity contribution in [3.05, 3.63) is 23.3 Å². The molecule has 0 spiro atoms. The van der Waals surface area contributed by atoms with Gasteiger partial charge in [-0.3, -0.25) is 4.79 Å². The molecule has 1 aromatic carbocycles. The van der Waals surface area contributed by atoms with Crippen molar-refractivity contribution in [2.24, 2.45) is 0 Å². The van der Waals surface area contributed by atoms with Crippen LogP contribution in [0.3, 0.4) is 0 Å².